The second-order valence-corrected chi connectivity index (χ2v) is 10.0. The van der Waals surface area contributed by atoms with E-state index in [9.17, 15) is 9.36 Å². The Labute approximate surface area is 152 Å². The van der Waals surface area contributed by atoms with Crippen molar-refractivity contribution in [3.8, 4) is 0 Å². The van der Waals surface area contributed by atoms with E-state index in [0.29, 0.717) is 19.1 Å². The second-order valence-electron chi connectivity index (χ2n) is 8.15. The van der Waals surface area contributed by atoms with Gasteiger partial charge in [0.05, 0.1) is 13.2 Å². The van der Waals surface area contributed by atoms with Crippen LogP contribution in [-0.2, 0) is 18.4 Å². The van der Waals surface area contributed by atoms with Gasteiger partial charge in [-0.1, -0.05) is 39.3 Å². The minimum absolute atomic E-state index is 0.0425. The van der Waals surface area contributed by atoms with Gasteiger partial charge >= 0.3 is 7.60 Å². The molecule has 25 heavy (non-hydrogen) atoms. The first-order valence-electron chi connectivity index (χ1n) is 9.46. The van der Waals surface area contributed by atoms with Crippen molar-refractivity contribution >= 4 is 13.9 Å². The minimum Gasteiger partial charge on any atom is -0.306 e. The van der Waals surface area contributed by atoms with Gasteiger partial charge in [0.1, 0.15) is 6.29 Å². The monoisotopic (exact) mass is 368 g/mol. The molecule has 2 rings (SSSR count). The van der Waals surface area contributed by atoms with Gasteiger partial charge in [0, 0.05) is 11.7 Å². The van der Waals surface area contributed by atoms with Gasteiger partial charge in [-0.3, -0.25) is 4.57 Å². The number of hydrogen-bond acceptors (Lipinski definition) is 4. The zero-order valence-electron chi connectivity index (χ0n) is 16.3. The SMILES string of the molecule is CCOP(=O)(/C=C/C1=CCC2C(C)(C)CCC[C@]2(C)[C@H]1C=O)OCC. The van der Waals surface area contributed by atoms with Gasteiger partial charge in [-0.15, -0.1) is 0 Å². The van der Waals surface area contributed by atoms with Crippen LogP contribution in [0.3, 0.4) is 0 Å². The molecule has 0 heterocycles. The van der Waals surface area contributed by atoms with Gasteiger partial charge in [-0.2, -0.15) is 0 Å². The molecule has 3 atom stereocenters. The maximum absolute atomic E-state index is 12.7. The fourth-order valence-corrected chi connectivity index (χ4v) is 6.28. The van der Waals surface area contributed by atoms with E-state index in [1.807, 2.05) is 0 Å². The summed E-state index contributed by atoms with van der Waals surface area (Å²) in [5, 5.41) is 0. The number of fused-ring (bicyclic) bond motifs is 1. The van der Waals surface area contributed by atoms with Crippen molar-refractivity contribution in [2.75, 3.05) is 13.2 Å². The number of carbonyl (C=O) groups is 1. The summed E-state index contributed by atoms with van der Waals surface area (Å²) in [4.78, 5) is 12.0. The Bertz CT molecular complexity index is 583. The molecule has 1 unspecified atom stereocenters. The molecule has 0 aliphatic heterocycles. The molecule has 0 N–H and O–H groups in total. The van der Waals surface area contributed by atoms with Crippen LogP contribution in [0, 0.1) is 22.7 Å². The van der Waals surface area contributed by atoms with Crippen molar-refractivity contribution in [3.05, 3.63) is 23.5 Å². The molecule has 0 aromatic rings. The Hall–Kier alpha value is -0.700. The maximum atomic E-state index is 12.7. The third-order valence-corrected chi connectivity index (χ3v) is 7.89. The van der Waals surface area contributed by atoms with E-state index in [-0.39, 0.29) is 16.7 Å². The van der Waals surface area contributed by atoms with Crippen molar-refractivity contribution in [1.29, 1.82) is 0 Å². The second kappa shape index (κ2) is 7.90. The largest absolute Gasteiger partial charge is 0.354 e. The van der Waals surface area contributed by atoms with E-state index in [2.05, 4.69) is 26.8 Å². The first-order chi connectivity index (χ1) is 11.7. The summed E-state index contributed by atoms with van der Waals surface area (Å²) in [6.45, 7) is 11.1. The lowest BCUT2D eigenvalue weighted by atomic mass is 9.49. The minimum atomic E-state index is -3.24. The smallest absolute Gasteiger partial charge is 0.306 e. The molecule has 142 valence electrons. The van der Waals surface area contributed by atoms with E-state index in [1.165, 1.54) is 12.2 Å². The van der Waals surface area contributed by atoms with Crippen LogP contribution in [0.15, 0.2) is 23.5 Å². The summed E-state index contributed by atoms with van der Waals surface area (Å²) in [6, 6.07) is 0. The number of rotatable bonds is 7. The van der Waals surface area contributed by atoms with Crippen LogP contribution >= 0.6 is 7.60 Å². The predicted octanol–water partition coefficient (Wildman–Crippen LogP) is 5.74. The summed E-state index contributed by atoms with van der Waals surface area (Å²) in [5.74, 6) is 1.85. The Morgan fingerprint density at radius 2 is 1.84 bits per heavy atom. The normalized spacial score (nSPS) is 32.3. The Morgan fingerprint density at radius 1 is 1.20 bits per heavy atom. The molecule has 0 bridgehead atoms. The van der Waals surface area contributed by atoms with Gasteiger partial charge in [-0.25, -0.2) is 0 Å². The molecule has 0 amide bonds. The first kappa shape index (κ1) is 20.6. The van der Waals surface area contributed by atoms with E-state index >= 15 is 0 Å². The fourth-order valence-electron chi connectivity index (χ4n) is 4.95. The third-order valence-electron chi connectivity index (χ3n) is 6.14. The van der Waals surface area contributed by atoms with Crippen LogP contribution in [0.5, 0.6) is 0 Å². The Morgan fingerprint density at radius 3 is 2.40 bits per heavy atom. The molecule has 2 aliphatic rings. The lowest BCUT2D eigenvalue weighted by molar-refractivity contribution is -0.119. The molecule has 0 radical (unpaired) electrons. The fraction of sp³-hybridized carbons (Fsp3) is 0.750. The van der Waals surface area contributed by atoms with Gasteiger partial charge in [0.15, 0.2) is 0 Å². The lowest BCUT2D eigenvalue weighted by Crippen LogP contribution is -2.49. The van der Waals surface area contributed by atoms with Crippen molar-refractivity contribution < 1.29 is 18.4 Å². The van der Waals surface area contributed by atoms with Crippen LogP contribution < -0.4 is 0 Å². The van der Waals surface area contributed by atoms with Gasteiger partial charge in [0.25, 0.3) is 0 Å². The van der Waals surface area contributed by atoms with Crippen molar-refractivity contribution in [1.82, 2.24) is 0 Å². The van der Waals surface area contributed by atoms with Crippen molar-refractivity contribution in [2.45, 2.75) is 60.3 Å². The molecular formula is C20H33O4P. The van der Waals surface area contributed by atoms with Gasteiger partial charge in [-0.05, 0) is 55.4 Å². The van der Waals surface area contributed by atoms with Crippen LogP contribution in [0.4, 0.5) is 0 Å². The van der Waals surface area contributed by atoms with Gasteiger partial charge in [0.2, 0.25) is 0 Å². The molecule has 1 fully saturated rings. The van der Waals surface area contributed by atoms with Crippen LogP contribution in [0.25, 0.3) is 0 Å². The standard InChI is InChI=1S/C20H33O4P/c1-6-23-25(22,24-7-2)14-11-16-9-10-18-19(3,4)12-8-13-20(18,5)17(16)15-21/h9,11,14-15,17-18H,6-8,10,12-13H2,1-5H3/b14-11+/t17-,18?,20+/m0/s1. The molecule has 4 nitrogen and oxygen atoms in total. The number of carbonyl (C=O) groups excluding carboxylic acids is 1. The highest BCUT2D eigenvalue weighted by atomic mass is 31.2. The highest BCUT2D eigenvalue weighted by Gasteiger charge is 2.52. The maximum Gasteiger partial charge on any atom is 0.354 e. The molecule has 5 heteroatoms. The van der Waals surface area contributed by atoms with E-state index in [0.717, 1.165) is 31.1 Å². The molecule has 0 spiro atoms. The highest BCUT2D eigenvalue weighted by molar-refractivity contribution is 7.57. The van der Waals surface area contributed by atoms with Crippen LogP contribution in [0.2, 0.25) is 0 Å². The van der Waals surface area contributed by atoms with E-state index in [1.54, 1.807) is 19.9 Å². The average Bonchev–Trinajstić information content (AvgIpc) is 2.52. The number of aldehydes is 1. The summed E-state index contributed by atoms with van der Waals surface area (Å²) in [6.07, 6.45) is 9.41. The van der Waals surface area contributed by atoms with Crippen LogP contribution in [0.1, 0.15) is 60.3 Å². The quantitative estimate of drug-likeness (QED) is 0.424. The lowest BCUT2D eigenvalue weighted by Gasteiger charge is -2.55. The predicted molar refractivity (Wildman–Crippen MR) is 101 cm³/mol. The summed E-state index contributed by atoms with van der Waals surface area (Å²) in [7, 11) is -3.24. The Balaban J connectivity index is 2.33. The Kier molecular flexibility index (Phi) is 6.51. The average molecular weight is 368 g/mol. The molecular weight excluding hydrogens is 335 g/mol. The van der Waals surface area contributed by atoms with Crippen LogP contribution in [-0.4, -0.2) is 19.5 Å². The number of allylic oxidation sites excluding steroid dienone is 3. The van der Waals surface area contributed by atoms with Crippen molar-refractivity contribution in [2.24, 2.45) is 22.7 Å². The molecule has 1 saturated carbocycles. The van der Waals surface area contributed by atoms with E-state index in [4.69, 9.17) is 9.05 Å². The van der Waals surface area contributed by atoms with E-state index < -0.39 is 7.60 Å². The highest BCUT2D eigenvalue weighted by Crippen LogP contribution is 2.59. The topological polar surface area (TPSA) is 52.6 Å². The molecule has 0 aromatic heterocycles. The zero-order valence-corrected chi connectivity index (χ0v) is 17.2. The molecule has 2 aliphatic carbocycles. The number of hydrogen-bond donors (Lipinski definition) is 0. The molecule has 0 saturated heterocycles. The summed E-state index contributed by atoms with van der Waals surface area (Å²) in [5.41, 5.74) is 1.15. The third kappa shape index (κ3) is 4.18. The first-order valence-corrected chi connectivity index (χ1v) is 11.1. The van der Waals surface area contributed by atoms with Gasteiger partial charge < -0.3 is 13.8 Å². The summed E-state index contributed by atoms with van der Waals surface area (Å²) >= 11 is 0. The van der Waals surface area contributed by atoms with Crippen molar-refractivity contribution in [3.63, 3.8) is 0 Å². The zero-order chi connectivity index (χ0) is 18.7. The molecule has 0 aromatic carbocycles. The summed E-state index contributed by atoms with van der Waals surface area (Å²) < 4.78 is 23.3.